The Morgan fingerprint density at radius 2 is 1.93 bits per heavy atom. The van der Waals surface area contributed by atoms with E-state index >= 15 is 0 Å². The topological polar surface area (TPSA) is 0 Å². The largest absolute Gasteiger partial charge is 0.0922 e. The Labute approximate surface area is 103 Å². The molecule has 1 aliphatic carbocycles. The average molecular weight is 294 g/mol. The summed E-state index contributed by atoms with van der Waals surface area (Å²) in [5.74, 6) is 0. The summed E-state index contributed by atoms with van der Waals surface area (Å²) < 4.78 is 0. The minimum absolute atomic E-state index is 0.497. The maximum Gasteiger partial charge on any atom is 0.0595 e. The molecule has 3 heteroatoms. The second-order valence-electron chi connectivity index (χ2n) is 4.06. The molecule has 2 rings (SSSR count). The first-order chi connectivity index (χ1) is 6.65. The van der Waals surface area contributed by atoms with E-state index in [1.165, 1.54) is 18.4 Å². The van der Waals surface area contributed by atoms with Gasteiger partial charge >= 0.3 is 0 Å². The molecule has 0 atom stereocenters. The molecule has 76 valence electrons. The van der Waals surface area contributed by atoms with Crippen LogP contribution in [0.4, 0.5) is 0 Å². The molecule has 0 aromatic heterocycles. The Morgan fingerprint density at radius 1 is 1.21 bits per heavy atom. The summed E-state index contributed by atoms with van der Waals surface area (Å²) in [5.41, 5.74) is 1.79. The molecular formula is C11H11BrCl2. The van der Waals surface area contributed by atoms with E-state index in [1.54, 1.807) is 0 Å². The van der Waals surface area contributed by atoms with Gasteiger partial charge in [-0.2, -0.15) is 0 Å². The summed E-state index contributed by atoms with van der Waals surface area (Å²) in [6.45, 7) is 0. The number of halogens is 3. The molecule has 1 aromatic carbocycles. The number of hydrogen-bond donors (Lipinski definition) is 0. The van der Waals surface area contributed by atoms with E-state index in [9.17, 15) is 0 Å². The van der Waals surface area contributed by atoms with Crippen molar-refractivity contribution < 1.29 is 0 Å². The van der Waals surface area contributed by atoms with Crippen LogP contribution in [-0.2, 0) is 6.42 Å². The number of rotatable bonds is 3. The Morgan fingerprint density at radius 3 is 2.43 bits per heavy atom. The smallest absolute Gasteiger partial charge is 0.0595 e. The predicted octanol–water partition coefficient (Wildman–Crippen LogP) is 4.71. The van der Waals surface area contributed by atoms with E-state index in [0.29, 0.717) is 15.5 Å². The SMILES string of the molecule is Clc1ccc(CC2(CBr)CC2)cc1Cl. The fraction of sp³-hybridized carbons (Fsp3) is 0.455. The first-order valence-corrected chi connectivity index (χ1v) is 6.53. The number of alkyl halides is 1. The van der Waals surface area contributed by atoms with Crippen molar-refractivity contribution in [2.75, 3.05) is 5.33 Å². The maximum atomic E-state index is 5.96. The van der Waals surface area contributed by atoms with Crippen LogP contribution in [0.25, 0.3) is 0 Å². The van der Waals surface area contributed by atoms with Gasteiger partial charge in [-0.3, -0.25) is 0 Å². The number of hydrogen-bond acceptors (Lipinski definition) is 0. The third-order valence-corrected chi connectivity index (χ3v) is 4.73. The molecule has 1 aromatic rings. The molecule has 0 bridgehead atoms. The molecule has 14 heavy (non-hydrogen) atoms. The van der Waals surface area contributed by atoms with Crippen LogP contribution < -0.4 is 0 Å². The normalized spacial score (nSPS) is 18.2. The minimum atomic E-state index is 0.497. The first kappa shape index (κ1) is 10.8. The van der Waals surface area contributed by atoms with Gasteiger partial charge < -0.3 is 0 Å². The van der Waals surface area contributed by atoms with Gasteiger partial charge in [-0.1, -0.05) is 45.2 Å². The molecule has 0 aliphatic heterocycles. The highest BCUT2D eigenvalue weighted by Gasteiger charge is 2.41. The van der Waals surface area contributed by atoms with Gasteiger partial charge in [0.05, 0.1) is 10.0 Å². The minimum Gasteiger partial charge on any atom is -0.0922 e. The first-order valence-electron chi connectivity index (χ1n) is 4.65. The highest BCUT2D eigenvalue weighted by Crippen LogP contribution is 2.49. The molecule has 0 spiro atoms. The van der Waals surface area contributed by atoms with Crippen molar-refractivity contribution >= 4 is 39.1 Å². The Bertz CT molecular complexity index is 345. The number of benzene rings is 1. The van der Waals surface area contributed by atoms with Crippen molar-refractivity contribution in [2.45, 2.75) is 19.3 Å². The zero-order valence-corrected chi connectivity index (χ0v) is 10.8. The van der Waals surface area contributed by atoms with Gasteiger partial charge in [-0.15, -0.1) is 0 Å². The van der Waals surface area contributed by atoms with Gasteiger partial charge in [-0.25, -0.2) is 0 Å². The predicted molar refractivity (Wildman–Crippen MR) is 65.6 cm³/mol. The summed E-state index contributed by atoms with van der Waals surface area (Å²) in [4.78, 5) is 0. The highest BCUT2D eigenvalue weighted by atomic mass is 79.9. The van der Waals surface area contributed by atoms with Gasteiger partial charge in [0.1, 0.15) is 0 Å². The van der Waals surface area contributed by atoms with Gasteiger partial charge in [0.25, 0.3) is 0 Å². The van der Waals surface area contributed by atoms with Gasteiger partial charge in [-0.05, 0) is 42.4 Å². The van der Waals surface area contributed by atoms with E-state index < -0.39 is 0 Å². The van der Waals surface area contributed by atoms with Gasteiger partial charge in [0.2, 0.25) is 0 Å². The molecule has 0 amide bonds. The monoisotopic (exact) mass is 292 g/mol. The molecule has 0 saturated heterocycles. The van der Waals surface area contributed by atoms with Crippen molar-refractivity contribution in [1.82, 2.24) is 0 Å². The second-order valence-corrected chi connectivity index (χ2v) is 5.43. The third kappa shape index (κ3) is 2.26. The summed E-state index contributed by atoms with van der Waals surface area (Å²) in [7, 11) is 0. The van der Waals surface area contributed by atoms with Crippen LogP contribution in [0.2, 0.25) is 10.0 Å². The van der Waals surface area contributed by atoms with Crippen LogP contribution in [0, 0.1) is 5.41 Å². The van der Waals surface area contributed by atoms with Gasteiger partial charge in [0, 0.05) is 5.33 Å². The summed E-state index contributed by atoms with van der Waals surface area (Å²) in [6, 6.07) is 5.92. The molecule has 1 fully saturated rings. The molecule has 1 saturated carbocycles. The van der Waals surface area contributed by atoms with Crippen LogP contribution >= 0.6 is 39.1 Å². The Kier molecular flexibility index (Phi) is 3.11. The molecule has 0 unspecified atom stereocenters. The van der Waals surface area contributed by atoms with Crippen LogP contribution in [0.5, 0.6) is 0 Å². The lowest BCUT2D eigenvalue weighted by Gasteiger charge is -2.11. The molecule has 0 radical (unpaired) electrons. The molecule has 0 nitrogen and oxygen atoms in total. The van der Waals surface area contributed by atoms with E-state index in [1.807, 2.05) is 12.1 Å². The van der Waals surface area contributed by atoms with Crippen LogP contribution in [0.3, 0.4) is 0 Å². The third-order valence-electron chi connectivity index (χ3n) is 2.80. The van der Waals surface area contributed by atoms with E-state index in [4.69, 9.17) is 23.2 Å². The highest BCUT2D eigenvalue weighted by molar-refractivity contribution is 9.09. The van der Waals surface area contributed by atoms with E-state index in [0.717, 1.165) is 11.8 Å². The summed E-state index contributed by atoms with van der Waals surface area (Å²) >= 11 is 15.4. The zero-order valence-electron chi connectivity index (χ0n) is 7.69. The van der Waals surface area contributed by atoms with Crippen molar-refractivity contribution in [3.63, 3.8) is 0 Å². The second kappa shape index (κ2) is 4.03. The summed E-state index contributed by atoms with van der Waals surface area (Å²) in [5, 5.41) is 2.38. The van der Waals surface area contributed by atoms with Crippen molar-refractivity contribution in [1.29, 1.82) is 0 Å². The van der Waals surface area contributed by atoms with Crippen molar-refractivity contribution in [2.24, 2.45) is 5.41 Å². The van der Waals surface area contributed by atoms with E-state index in [-0.39, 0.29) is 0 Å². The molecule has 1 aliphatic rings. The zero-order chi connectivity index (χ0) is 10.2. The standard InChI is InChI=1S/C11H11BrCl2/c12-7-11(3-4-11)6-8-1-2-9(13)10(14)5-8/h1-2,5H,3-4,6-7H2. The van der Waals surface area contributed by atoms with Crippen molar-refractivity contribution in [3.8, 4) is 0 Å². The fourth-order valence-corrected chi connectivity index (χ4v) is 2.70. The quantitative estimate of drug-likeness (QED) is 0.708. The van der Waals surface area contributed by atoms with Crippen molar-refractivity contribution in [3.05, 3.63) is 33.8 Å². The van der Waals surface area contributed by atoms with Crippen LogP contribution in [0.15, 0.2) is 18.2 Å². The Balaban J connectivity index is 2.14. The lowest BCUT2D eigenvalue weighted by atomic mass is 9.99. The van der Waals surface area contributed by atoms with Gasteiger partial charge in [0.15, 0.2) is 0 Å². The Hall–Kier alpha value is 0.280. The molecule has 0 heterocycles. The lowest BCUT2D eigenvalue weighted by Crippen LogP contribution is -2.06. The van der Waals surface area contributed by atoms with Crippen LogP contribution in [-0.4, -0.2) is 5.33 Å². The molecule has 0 N–H and O–H groups in total. The lowest BCUT2D eigenvalue weighted by molar-refractivity contribution is 0.586. The average Bonchev–Trinajstić information content (AvgIpc) is 2.93. The fourth-order valence-electron chi connectivity index (χ4n) is 1.62. The van der Waals surface area contributed by atoms with Crippen LogP contribution in [0.1, 0.15) is 18.4 Å². The maximum absolute atomic E-state index is 5.96. The van der Waals surface area contributed by atoms with E-state index in [2.05, 4.69) is 22.0 Å². The summed E-state index contributed by atoms with van der Waals surface area (Å²) in [6.07, 6.45) is 3.74. The molecular weight excluding hydrogens is 283 g/mol.